The minimum absolute atomic E-state index is 0.412. The van der Waals surface area contributed by atoms with Gasteiger partial charge in [0.2, 0.25) is 0 Å². The molecule has 3 rings (SSSR count). The highest BCUT2D eigenvalue weighted by Crippen LogP contribution is 2.61. The average Bonchev–Trinajstić information content (AvgIpc) is 2.58. The Balaban J connectivity index is 1.92. The lowest BCUT2D eigenvalue weighted by atomic mass is 9.72. The van der Waals surface area contributed by atoms with Gasteiger partial charge in [-0.05, 0) is 49.9 Å². The molecule has 14 heavy (non-hydrogen) atoms. The number of rotatable bonds is 0. The average molecular weight is 192 g/mol. The van der Waals surface area contributed by atoms with Crippen LogP contribution in [0.25, 0.3) is 0 Å². The lowest BCUT2D eigenvalue weighted by Gasteiger charge is -2.31. The van der Waals surface area contributed by atoms with Crippen LogP contribution in [0, 0.1) is 23.2 Å². The van der Waals surface area contributed by atoms with E-state index in [1.165, 1.54) is 32.1 Å². The predicted molar refractivity (Wildman–Crippen MR) is 56.8 cm³/mol. The van der Waals surface area contributed by atoms with Crippen molar-refractivity contribution in [2.24, 2.45) is 23.2 Å². The van der Waals surface area contributed by atoms with Crippen molar-refractivity contribution in [2.45, 2.75) is 39.0 Å². The lowest BCUT2D eigenvalue weighted by Crippen LogP contribution is -2.25. The van der Waals surface area contributed by atoms with E-state index in [-0.39, 0.29) is 0 Å². The fraction of sp³-hybridized carbons (Fsp3) is 0.846. The molecule has 3 aliphatic rings. The van der Waals surface area contributed by atoms with Gasteiger partial charge >= 0.3 is 0 Å². The summed E-state index contributed by atoms with van der Waals surface area (Å²) in [4.78, 5) is 0. The molecule has 1 heterocycles. The zero-order chi connectivity index (χ0) is 9.76. The summed E-state index contributed by atoms with van der Waals surface area (Å²) < 4.78 is 5.64. The van der Waals surface area contributed by atoms with Gasteiger partial charge in [0, 0.05) is 5.41 Å². The Morgan fingerprint density at radius 2 is 2.21 bits per heavy atom. The summed E-state index contributed by atoms with van der Waals surface area (Å²) in [7, 11) is 0. The van der Waals surface area contributed by atoms with E-state index in [4.69, 9.17) is 4.74 Å². The van der Waals surface area contributed by atoms with Crippen LogP contribution in [-0.2, 0) is 4.74 Å². The van der Waals surface area contributed by atoms with Crippen molar-refractivity contribution in [3.05, 3.63) is 12.3 Å². The topological polar surface area (TPSA) is 9.23 Å². The van der Waals surface area contributed by atoms with Gasteiger partial charge in [-0.1, -0.05) is 13.5 Å². The molecule has 78 valence electrons. The number of allylic oxidation sites excluding steroid dienone is 1. The molecule has 0 aromatic rings. The molecule has 0 N–H and O–H groups in total. The monoisotopic (exact) mass is 192 g/mol. The summed E-state index contributed by atoms with van der Waals surface area (Å²) in [5.41, 5.74) is 0.412. The molecule has 1 saturated heterocycles. The minimum Gasteiger partial charge on any atom is -0.498 e. The first-order valence-electron chi connectivity index (χ1n) is 6.03. The molecule has 2 saturated carbocycles. The first-order valence-corrected chi connectivity index (χ1v) is 6.03. The summed E-state index contributed by atoms with van der Waals surface area (Å²) in [5, 5.41) is 0. The van der Waals surface area contributed by atoms with Crippen molar-refractivity contribution in [1.82, 2.24) is 0 Å². The van der Waals surface area contributed by atoms with Crippen LogP contribution in [0.2, 0.25) is 0 Å². The van der Waals surface area contributed by atoms with E-state index >= 15 is 0 Å². The van der Waals surface area contributed by atoms with E-state index in [9.17, 15) is 0 Å². The van der Waals surface area contributed by atoms with Gasteiger partial charge < -0.3 is 4.74 Å². The van der Waals surface area contributed by atoms with E-state index in [2.05, 4.69) is 13.5 Å². The zero-order valence-electron chi connectivity index (χ0n) is 9.09. The summed E-state index contributed by atoms with van der Waals surface area (Å²) in [6, 6.07) is 0. The van der Waals surface area contributed by atoms with Crippen molar-refractivity contribution in [3.8, 4) is 0 Å². The first-order chi connectivity index (χ1) is 6.71. The molecule has 1 aliphatic heterocycles. The van der Waals surface area contributed by atoms with Crippen LogP contribution in [0.15, 0.2) is 12.3 Å². The molecular formula is C13H20O. The van der Waals surface area contributed by atoms with E-state index in [1.54, 1.807) is 0 Å². The second kappa shape index (κ2) is 2.77. The summed E-state index contributed by atoms with van der Waals surface area (Å²) in [6.45, 7) is 7.49. The molecule has 0 radical (unpaired) electrons. The van der Waals surface area contributed by atoms with Crippen molar-refractivity contribution < 1.29 is 4.74 Å². The Bertz CT molecular complexity index is 270. The third-order valence-electron chi connectivity index (χ3n) is 4.85. The highest BCUT2D eigenvalue weighted by atomic mass is 16.5. The van der Waals surface area contributed by atoms with Crippen molar-refractivity contribution in [1.29, 1.82) is 0 Å². The van der Waals surface area contributed by atoms with Crippen molar-refractivity contribution in [2.75, 3.05) is 6.61 Å². The predicted octanol–water partition coefficient (Wildman–Crippen LogP) is 3.36. The molecule has 1 heteroatoms. The van der Waals surface area contributed by atoms with Crippen molar-refractivity contribution >= 4 is 0 Å². The van der Waals surface area contributed by atoms with Crippen LogP contribution in [-0.4, -0.2) is 6.61 Å². The Morgan fingerprint density at radius 1 is 1.36 bits per heavy atom. The van der Waals surface area contributed by atoms with Crippen LogP contribution in [0.4, 0.5) is 0 Å². The minimum atomic E-state index is 0.412. The van der Waals surface area contributed by atoms with Gasteiger partial charge in [-0.25, -0.2) is 0 Å². The SMILES string of the molecule is C=C1OCCC12CC1CC(C)CC2C1. The quantitative estimate of drug-likeness (QED) is 0.572. The standard InChI is InChI=1S/C13H20O/c1-9-5-11-7-12(6-9)13(8-11)3-4-14-10(13)2/h9,11-12H,2-8H2,1H3. The molecule has 2 aliphatic carbocycles. The van der Waals surface area contributed by atoms with Gasteiger partial charge in [0.15, 0.2) is 0 Å². The third-order valence-corrected chi connectivity index (χ3v) is 4.85. The summed E-state index contributed by atoms with van der Waals surface area (Å²) >= 11 is 0. The fourth-order valence-corrected chi connectivity index (χ4v) is 4.33. The molecule has 1 spiro atoms. The first kappa shape index (κ1) is 8.82. The molecule has 0 aromatic heterocycles. The second-order valence-corrected chi connectivity index (χ2v) is 5.76. The Morgan fingerprint density at radius 3 is 2.93 bits per heavy atom. The van der Waals surface area contributed by atoms with Crippen molar-refractivity contribution in [3.63, 3.8) is 0 Å². The van der Waals surface area contributed by atoms with Gasteiger partial charge in [0.05, 0.1) is 12.4 Å². The van der Waals surface area contributed by atoms with E-state index in [1.807, 2.05) is 0 Å². The Kier molecular flexibility index (Phi) is 1.75. The highest BCUT2D eigenvalue weighted by Gasteiger charge is 2.54. The lowest BCUT2D eigenvalue weighted by molar-refractivity contribution is 0.189. The van der Waals surface area contributed by atoms with Crippen LogP contribution in [0.3, 0.4) is 0 Å². The molecule has 1 nitrogen and oxygen atoms in total. The maximum absolute atomic E-state index is 5.64. The van der Waals surface area contributed by atoms with Gasteiger partial charge in [-0.3, -0.25) is 0 Å². The Hall–Kier alpha value is -0.460. The van der Waals surface area contributed by atoms with Gasteiger partial charge in [-0.15, -0.1) is 0 Å². The number of hydrogen-bond donors (Lipinski definition) is 0. The largest absolute Gasteiger partial charge is 0.498 e. The zero-order valence-corrected chi connectivity index (χ0v) is 9.09. The van der Waals surface area contributed by atoms with Crippen LogP contribution in [0.5, 0.6) is 0 Å². The maximum atomic E-state index is 5.64. The van der Waals surface area contributed by atoms with Gasteiger partial charge in [0.25, 0.3) is 0 Å². The van der Waals surface area contributed by atoms with Crippen LogP contribution >= 0.6 is 0 Å². The Labute approximate surface area is 86.5 Å². The molecule has 0 aromatic carbocycles. The summed E-state index contributed by atoms with van der Waals surface area (Å²) in [5.74, 6) is 3.93. The van der Waals surface area contributed by atoms with Crippen LogP contribution in [0.1, 0.15) is 39.0 Å². The smallest absolute Gasteiger partial charge is 0.0953 e. The summed E-state index contributed by atoms with van der Waals surface area (Å²) in [6.07, 6.45) is 6.94. The molecular weight excluding hydrogens is 172 g/mol. The van der Waals surface area contributed by atoms with E-state index < -0.39 is 0 Å². The number of hydrogen-bond acceptors (Lipinski definition) is 1. The van der Waals surface area contributed by atoms with Gasteiger partial charge in [-0.2, -0.15) is 0 Å². The molecule has 3 fully saturated rings. The molecule has 2 bridgehead atoms. The maximum Gasteiger partial charge on any atom is 0.0953 e. The number of ether oxygens (including phenoxy) is 1. The molecule has 4 atom stereocenters. The second-order valence-electron chi connectivity index (χ2n) is 5.76. The van der Waals surface area contributed by atoms with E-state index in [0.29, 0.717) is 5.41 Å². The number of fused-ring (bicyclic) bond motifs is 3. The normalized spacial score (nSPS) is 51.2. The third kappa shape index (κ3) is 1.01. The van der Waals surface area contributed by atoms with E-state index in [0.717, 1.165) is 30.1 Å². The highest BCUT2D eigenvalue weighted by molar-refractivity contribution is 5.16. The molecule has 0 amide bonds. The fourth-order valence-electron chi connectivity index (χ4n) is 4.33. The molecule has 4 unspecified atom stereocenters. The van der Waals surface area contributed by atoms with Crippen LogP contribution < -0.4 is 0 Å². The van der Waals surface area contributed by atoms with Gasteiger partial charge in [0.1, 0.15) is 0 Å².